The third kappa shape index (κ3) is 3.67. The van der Waals surface area contributed by atoms with Gasteiger partial charge in [-0.3, -0.25) is 4.79 Å². The number of benzene rings is 1. The number of thioether (sulfide) groups is 1. The minimum absolute atomic E-state index is 0.253. The molecule has 26 heavy (non-hydrogen) atoms. The number of carbonyl (C=O) groups excluding carboxylic acids is 1. The molecule has 132 valence electrons. The quantitative estimate of drug-likeness (QED) is 0.498. The van der Waals surface area contributed by atoms with Gasteiger partial charge in [0.2, 0.25) is 11.1 Å². The van der Waals surface area contributed by atoms with Crippen LogP contribution in [0.1, 0.15) is 12.5 Å². The first-order valence-corrected chi connectivity index (χ1v) is 9.55. The van der Waals surface area contributed by atoms with E-state index in [-0.39, 0.29) is 5.91 Å². The molecular formula is C16H13ClN6OS2. The van der Waals surface area contributed by atoms with Crippen molar-refractivity contribution < 1.29 is 4.79 Å². The van der Waals surface area contributed by atoms with Crippen LogP contribution in [0.15, 0.2) is 40.9 Å². The van der Waals surface area contributed by atoms with Crippen molar-refractivity contribution in [1.29, 1.82) is 5.26 Å². The van der Waals surface area contributed by atoms with Gasteiger partial charge in [0.15, 0.2) is 5.82 Å². The van der Waals surface area contributed by atoms with Gasteiger partial charge in [-0.15, -0.1) is 21.5 Å². The molecule has 0 fully saturated rings. The van der Waals surface area contributed by atoms with Crippen LogP contribution < -0.4 is 11.2 Å². The zero-order valence-electron chi connectivity index (χ0n) is 13.5. The zero-order valence-corrected chi connectivity index (χ0v) is 15.9. The molecule has 0 aliphatic heterocycles. The average Bonchev–Trinajstić information content (AvgIpc) is 3.22. The lowest BCUT2D eigenvalue weighted by atomic mass is 10.2. The summed E-state index contributed by atoms with van der Waals surface area (Å²) >= 11 is 8.63. The first-order chi connectivity index (χ1) is 12.5. The molecule has 0 saturated carbocycles. The molecule has 3 N–H and O–H groups in total. The Morgan fingerprint density at radius 2 is 2.19 bits per heavy atom. The number of nitrogens with one attached hydrogen (secondary N) is 1. The largest absolute Gasteiger partial charge is 0.335 e. The van der Waals surface area contributed by atoms with E-state index < -0.39 is 5.25 Å². The van der Waals surface area contributed by atoms with Crippen LogP contribution >= 0.6 is 34.7 Å². The first kappa shape index (κ1) is 18.3. The number of carbonyl (C=O) groups is 1. The molecule has 1 atom stereocenters. The van der Waals surface area contributed by atoms with Crippen molar-refractivity contribution in [2.24, 2.45) is 0 Å². The van der Waals surface area contributed by atoms with Crippen molar-refractivity contribution in [1.82, 2.24) is 14.9 Å². The van der Waals surface area contributed by atoms with Crippen LogP contribution in [0.3, 0.4) is 0 Å². The number of nitrogens with zero attached hydrogens (tertiary/aromatic N) is 4. The maximum Gasteiger partial charge on any atom is 0.238 e. The summed E-state index contributed by atoms with van der Waals surface area (Å²) in [5.74, 6) is 6.23. The number of anilines is 1. The summed E-state index contributed by atoms with van der Waals surface area (Å²) in [5, 5.41) is 22.6. The Morgan fingerprint density at radius 1 is 1.42 bits per heavy atom. The van der Waals surface area contributed by atoms with Gasteiger partial charge >= 0.3 is 0 Å². The smallest absolute Gasteiger partial charge is 0.238 e. The van der Waals surface area contributed by atoms with E-state index in [2.05, 4.69) is 15.5 Å². The number of nitrogen functional groups attached to an aromatic ring is 1. The Labute approximate surface area is 162 Å². The Kier molecular flexibility index (Phi) is 5.46. The monoisotopic (exact) mass is 404 g/mol. The molecular weight excluding hydrogens is 392 g/mol. The summed E-state index contributed by atoms with van der Waals surface area (Å²) in [7, 11) is 0. The molecule has 0 aliphatic rings. The van der Waals surface area contributed by atoms with E-state index in [0.717, 1.165) is 0 Å². The van der Waals surface area contributed by atoms with Crippen LogP contribution in [-0.4, -0.2) is 26.0 Å². The molecule has 10 heteroatoms. The van der Waals surface area contributed by atoms with E-state index in [1.165, 1.54) is 27.8 Å². The molecule has 0 saturated heterocycles. The van der Waals surface area contributed by atoms with Gasteiger partial charge in [0.1, 0.15) is 11.1 Å². The van der Waals surface area contributed by atoms with E-state index in [1.807, 2.05) is 18.2 Å². The van der Waals surface area contributed by atoms with Crippen molar-refractivity contribution in [3.8, 4) is 17.5 Å². The lowest BCUT2D eigenvalue weighted by Gasteiger charge is -2.11. The number of nitriles is 1. The highest BCUT2D eigenvalue weighted by Gasteiger charge is 2.21. The predicted molar refractivity (Wildman–Crippen MR) is 104 cm³/mol. The van der Waals surface area contributed by atoms with Crippen LogP contribution in [0.2, 0.25) is 5.02 Å². The summed E-state index contributed by atoms with van der Waals surface area (Å²) in [6.45, 7) is 1.73. The topological polar surface area (TPSA) is 110 Å². The van der Waals surface area contributed by atoms with E-state index in [1.54, 1.807) is 30.5 Å². The highest BCUT2D eigenvalue weighted by Crippen LogP contribution is 2.30. The SMILES string of the molecule is C[C@H](Sc1nnc(-c2ccccc2Cl)n1N)C(=O)Nc1sccc1C#N. The van der Waals surface area contributed by atoms with Gasteiger partial charge in [0, 0.05) is 5.56 Å². The minimum Gasteiger partial charge on any atom is -0.335 e. The maximum absolute atomic E-state index is 12.4. The second-order valence-electron chi connectivity index (χ2n) is 5.18. The fourth-order valence-electron chi connectivity index (χ4n) is 2.10. The summed E-state index contributed by atoms with van der Waals surface area (Å²) in [6.07, 6.45) is 0. The molecule has 2 aromatic heterocycles. The lowest BCUT2D eigenvalue weighted by molar-refractivity contribution is -0.115. The fraction of sp³-hybridized carbons (Fsp3) is 0.125. The minimum atomic E-state index is -0.491. The molecule has 1 amide bonds. The average molecular weight is 405 g/mol. The lowest BCUT2D eigenvalue weighted by Crippen LogP contribution is -2.23. The fourth-order valence-corrected chi connectivity index (χ4v) is 3.83. The Bertz CT molecular complexity index is 993. The number of hydrogen-bond acceptors (Lipinski definition) is 7. The Hall–Kier alpha value is -2.54. The normalized spacial score (nSPS) is 11.7. The molecule has 3 rings (SSSR count). The molecule has 0 aliphatic carbocycles. The number of halogens is 1. The predicted octanol–water partition coefficient (Wildman–Crippen LogP) is 3.36. The van der Waals surface area contributed by atoms with Gasteiger partial charge in [0.05, 0.1) is 15.8 Å². The van der Waals surface area contributed by atoms with E-state index in [9.17, 15) is 4.79 Å². The van der Waals surface area contributed by atoms with Gasteiger partial charge in [-0.2, -0.15) is 5.26 Å². The van der Waals surface area contributed by atoms with Gasteiger partial charge in [-0.1, -0.05) is 35.5 Å². The van der Waals surface area contributed by atoms with Crippen LogP contribution in [0.25, 0.3) is 11.4 Å². The van der Waals surface area contributed by atoms with Crippen molar-refractivity contribution in [2.45, 2.75) is 17.3 Å². The highest BCUT2D eigenvalue weighted by atomic mass is 35.5. The standard InChI is InChI=1S/C16H13ClN6OS2/c1-9(14(24)20-15-10(8-18)6-7-25-15)26-16-22-21-13(23(16)19)11-4-2-3-5-12(11)17/h2-7,9H,19H2,1H3,(H,20,24)/t9-/m0/s1. The van der Waals surface area contributed by atoms with Crippen LogP contribution in [-0.2, 0) is 4.79 Å². The molecule has 1 aromatic carbocycles. The molecule has 0 radical (unpaired) electrons. The van der Waals surface area contributed by atoms with E-state index in [4.69, 9.17) is 22.7 Å². The number of amides is 1. The van der Waals surface area contributed by atoms with Crippen molar-refractivity contribution in [3.05, 3.63) is 46.3 Å². The number of thiophene rings is 1. The third-order valence-corrected chi connectivity index (χ3v) is 5.67. The van der Waals surface area contributed by atoms with Crippen molar-refractivity contribution in [2.75, 3.05) is 11.2 Å². The van der Waals surface area contributed by atoms with Crippen LogP contribution in [0, 0.1) is 11.3 Å². The van der Waals surface area contributed by atoms with Crippen LogP contribution in [0.4, 0.5) is 5.00 Å². The first-order valence-electron chi connectivity index (χ1n) is 7.41. The van der Waals surface area contributed by atoms with Crippen LogP contribution in [0.5, 0.6) is 0 Å². The van der Waals surface area contributed by atoms with E-state index in [0.29, 0.717) is 32.1 Å². The summed E-state index contributed by atoms with van der Waals surface area (Å²) in [5.41, 5.74) is 1.09. The Balaban J connectivity index is 1.74. The van der Waals surface area contributed by atoms with Gasteiger partial charge in [-0.05, 0) is 30.5 Å². The number of nitrogens with two attached hydrogens (primary N) is 1. The molecule has 7 nitrogen and oxygen atoms in total. The summed E-state index contributed by atoms with van der Waals surface area (Å²) < 4.78 is 1.31. The molecule has 3 aromatic rings. The molecule has 2 heterocycles. The second-order valence-corrected chi connectivity index (χ2v) is 7.81. The van der Waals surface area contributed by atoms with Crippen molar-refractivity contribution in [3.63, 3.8) is 0 Å². The second kappa shape index (κ2) is 7.78. The number of rotatable bonds is 5. The van der Waals surface area contributed by atoms with Crippen molar-refractivity contribution >= 4 is 45.6 Å². The third-order valence-electron chi connectivity index (χ3n) is 3.45. The molecule has 0 spiro atoms. The number of aromatic nitrogens is 3. The van der Waals surface area contributed by atoms with Gasteiger partial charge < -0.3 is 11.2 Å². The summed E-state index contributed by atoms with van der Waals surface area (Å²) in [6, 6.07) is 10.9. The summed E-state index contributed by atoms with van der Waals surface area (Å²) in [4.78, 5) is 12.4. The number of hydrogen-bond donors (Lipinski definition) is 2. The molecule has 0 bridgehead atoms. The maximum atomic E-state index is 12.4. The highest BCUT2D eigenvalue weighted by molar-refractivity contribution is 8.00. The van der Waals surface area contributed by atoms with Gasteiger partial charge in [0.25, 0.3) is 0 Å². The van der Waals surface area contributed by atoms with E-state index >= 15 is 0 Å². The zero-order chi connectivity index (χ0) is 18.7. The Morgan fingerprint density at radius 3 is 2.92 bits per heavy atom. The van der Waals surface area contributed by atoms with Gasteiger partial charge in [-0.25, -0.2) is 4.68 Å². The molecule has 0 unspecified atom stereocenters.